The van der Waals surface area contributed by atoms with Crippen molar-refractivity contribution in [1.29, 1.82) is 0 Å². The Kier molecular flexibility index (Phi) is 4.93. The molecule has 0 N–H and O–H groups in total. The smallest absolute Gasteiger partial charge is 0.102 e. The van der Waals surface area contributed by atoms with Crippen LogP contribution in [0.3, 0.4) is 0 Å². The summed E-state index contributed by atoms with van der Waals surface area (Å²) in [7, 11) is 0. The van der Waals surface area contributed by atoms with Gasteiger partial charge in [0.05, 0.1) is 0 Å². The van der Waals surface area contributed by atoms with Gasteiger partial charge in [0, 0.05) is 16.6 Å². The summed E-state index contributed by atoms with van der Waals surface area (Å²) in [5, 5.41) is 10.5. The fraction of sp³-hybridized carbons (Fsp3) is 0.500. The molecule has 0 radical (unpaired) electrons. The minimum atomic E-state index is 0.353. The van der Waals surface area contributed by atoms with Crippen molar-refractivity contribution >= 4 is 21.6 Å². The van der Waals surface area contributed by atoms with Crippen molar-refractivity contribution in [2.24, 2.45) is 10.3 Å². The van der Waals surface area contributed by atoms with Crippen LogP contribution < -0.4 is 0 Å². The second kappa shape index (κ2) is 5.99. The molecular formula is C12H18BrN3. The number of rotatable bonds is 4. The molecule has 1 rings (SSSR count). The maximum absolute atomic E-state index is 4.28. The predicted molar refractivity (Wildman–Crippen MR) is 70.8 cm³/mol. The van der Waals surface area contributed by atoms with E-state index in [-0.39, 0.29) is 0 Å². The molecule has 0 bridgehead atoms. The van der Waals surface area contributed by atoms with E-state index < -0.39 is 0 Å². The van der Waals surface area contributed by atoms with E-state index in [1.807, 2.05) is 29.3 Å². The highest BCUT2D eigenvalue weighted by Gasteiger charge is 2.10. The standard InChI is InChI=1S/C12H18BrN3/c1-9(2)16(10(3)4)15-14-12-8-6-5-7-11(12)13/h5-10H,1-4H3. The highest BCUT2D eigenvalue weighted by Crippen LogP contribution is 2.25. The molecule has 0 amide bonds. The topological polar surface area (TPSA) is 28.0 Å². The third-order valence-electron chi connectivity index (χ3n) is 2.17. The number of benzene rings is 1. The average Bonchev–Trinajstić information content (AvgIpc) is 2.20. The molecule has 1 aromatic rings. The zero-order valence-electron chi connectivity index (χ0n) is 10.2. The lowest BCUT2D eigenvalue weighted by Crippen LogP contribution is -2.31. The van der Waals surface area contributed by atoms with Crippen LogP contribution in [0.15, 0.2) is 39.1 Å². The van der Waals surface area contributed by atoms with E-state index in [9.17, 15) is 0 Å². The molecule has 0 saturated heterocycles. The van der Waals surface area contributed by atoms with Crippen molar-refractivity contribution in [3.8, 4) is 0 Å². The summed E-state index contributed by atoms with van der Waals surface area (Å²) in [6.45, 7) is 8.44. The maximum atomic E-state index is 4.28. The predicted octanol–water partition coefficient (Wildman–Crippen LogP) is 4.57. The highest BCUT2D eigenvalue weighted by molar-refractivity contribution is 9.10. The summed E-state index contributed by atoms with van der Waals surface area (Å²) >= 11 is 3.45. The van der Waals surface area contributed by atoms with E-state index >= 15 is 0 Å². The summed E-state index contributed by atoms with van der Waals surface area (Å²) in [6.07, 6.45) is 0. The summed E-state index contributed by atoms with van der Waals surface area (Å²) in [6, 6.07) is 8.52. The fourth-order valence-electron chi connectivity index (χ4n) is 1.44. The van der Waals surface area contributed by atoms with E-state index in [1.165, 1.54) is 0 Å². The Bertz CT molecular complexity index is 353. The molecule has 16 heavy (non-hydrogen) atoms. The van der Waals surface area contributed by atoms with Gasteiger partial charge in [-0.1, -0.05) is 17.4 Å². The summed E-state index contributed by atoms with van der Waals surface area (Å²) in [4.78, 5) is 0. The lowest BCUT2D eigenvalue weighted by molar-refractivity contribution is 0.169. The van der Waals surface area contributed by atoms with Crippen molar-refractivity contribution in [3.05, 3.63) is 28.7 Å². The summed E-state index contributed by atoms with van der Waals surface area (Å²) in [5.74, 6) is 0. The minimum Gasteiger partial charge on any atom is -0.273 e. The first kappa shape index (κ1) is 13.2. The van der Waals surface area contributed by atoms with Crippen molar-refractivity contribution < 1.29 is 0 Å². The van der Waals surface area contributed by atoms with E-state index in [0.29, 0.717) is 12.1 Å². The van der Waals surface area contributed by atoms with Crippen LogP contribution >= 0.6 is 15.9 Å². The molecule has 0 aliphatic heterocycles. The van der Waals surface area contributed by atoms with Gasteiger partial charge in [-0.25, -0.2) is 0 Å². The van der Waals surface area contributed by atoms with Crippen LogP contribution in [0, 0.1) is 0 Å². The Balaban J connectivity index is 2.83. The highest BCUT2D eigenvalue weighted by atomic mass is 79.9. The second-order valence-corrected chi connectivity index (χ2v) is 5.06. The van der Waals surface area contributed by atoms with Gasteiger partial charge in [-0.05, 0) is 55.8 Å². The molecule has 0 aliphatic carbocycles. The Hall–Kier alpha value is -0.900. The van der Waals surface area contributed by atoms with Gasteiger partial charge in [0.1, 0.15) is 5.69 Å². The quantitative estimate of drug-likeness (QED) is 0.588. The van der Waals surface area contributed by atoms with Gasteiger partial charge in [0.15, 0.2) is 0 Å². The number of hydrogen-bond donors (Lipinski definition) is 0. The van der Waals surface area contributed by atoms with Gasteiger partial charge < -0.3 is 0 Å². The number of hydrogen-bond acceptors (Lipinski definition) is 2. The first-order valence-corrected chi connectivity index (χ1v) is 6.26. The largest absolute Gasteiger partial charge is 0.273 e. The lowest BCUT2D eigenvalue weighted by Gasteiger charge is -2.25. The van der Waals surface area contributed by atoms with E-state index in [1.54, 1.807) is 0 Å². The van der Waals surface area contributed by atoms with Gasteiger partial charge in [-0.2, -0.15) is 0 Å². The monoisotopic (exact) mass is 283 g/mol. The Labute approximate surface area is 106 Å². The van der Waals surface area contributed by atoms with Gasteiger partial charge in [-0.15, -0.1) is 5.11 Å². The summed E-state index contributed by atoms with van der Waals surface area (Å²) < 4.78 is 0.964. The van der Waals surface area contributed by atoms with Crippen LogP contribution in [-0.2, 0) is 0 Å². The number of halogens is 1. The second-order valence-electron chi connectivity index (χ2n) is 4.21. The SMILES string of the molecule is CC(C)N(N=Nc1ccccc1Br)C(C)C. The molecule has 0 aromatic heterocycles. The van der Waals surface area contributed by atoms with Crippen molar-refractivity contribution in [2.45, 2.75) is 39.8 Å². The molecule has 0 heterocycles. The number of nitrogens with zero attached hydrogens (tertiary/aromatic N) is 3. The molecule has 88 valence electrons. The van der Waals surface area contributed by atoms with Crippen LogP contribution in [0.5, 0.6) is 0 Å². The van der Waals surface area contributed by atoms with E-state index in [2.05, 4.69) is 54.0 Å². The Morgan fingerprint density at radius 3 is 2.12 bits per heavy atom. The van der Waals surface area contributed by atoms with Gasteiger partial charge in [-0.3, -0.25) is 5.01 Å². The Morgan fingerprint density at radius 2 is 1.62 bits per heavy atom. The van der Waals surface area contributed by atoms with Crippen molar-refractivity contribution in [3.63, 3.8) is 0 Å². The minimum absolute atomic E-state index is 0.353. The fourth-order valence-corrected chi connectivity index (χ4v) is 1.80. The zero-order valence-corrected chi connectivity index (χ0v) is 11.8. The van der Waals surface area contributed by atoms with Crippen molar-refractivity contribution in [1.82, 2.24) is 5.01 Å². The molecule has 0 unspecified atom stereocenters. The first-order chi connectivity index (χ1) is 7.52. The molecule has 1 aromatic carbocycles. The molecule has 4 heteroatoms. The molecule has 0 aliphatic rings. The Morgan fingerprint density at radius 1 is 1.06 bits per heavy atom. The molecule has 0 fully saturated rings. The van der Waals surface area contributed by atoms with E-state index in [4.69, 9.17) is 0 Å². The van der Waals surface area contributed by atoms with Crippen LogP contribution in [0.4, 0.5) is 5.69 Å². The molecular weight excluding hydrogens is 266 g/mol. The van der Waals surface area contributed by atoms with Crippen LogP contribution in [0.1, 0.15) is 27.7 Å². The van der Waals surface area contributed by atoms with Crippen molar-refractivity contribution in [2.75, 3.05) is 0 Å². The van der Waals surface area contributed by atoms with Gasteiger partial charge in [0.2, 0.25) is 0 Å². The normalized spacial score (nSPS) is 11.7. The third kappa shape index (κ3) is 3.59. The average molecular weight is 284 g/mol. The van der Waals surface area contributed by atoms with Crippen LogP contribution in [0.25, 0.3) is 0 Å². The molecule has 0 atom stereocenters. The van der Waals surface area contributed by atoms with Crippen LogP contribution in [-0.4, -0.2) is 17.1 Å². The van der Waals surface area contributed by atoms with Gasteiger partial charge >= 0.3 is 0 Å². The first-order valence-electron chi connectivity index (χ1n) is 5.47. The molecule has 3 nitrogen and oxygen atoms in total. The lowest BCUT2D eigenvalue weighted by atomic mass is 10.3. The zero-order chi connectivity index (χ0) is 12.1. The molecule has 0 spiro atoms. The van der Waals surface area contributed by atoms with Crippen LogP contribution in [0.2, 0.25) is 0 Å². The third-order valence-corrected chi connectivity index (χ3v) is 2.84. The summed E-state index contributed by atoms with van der Waals surface area (Å²) in [5.41, 5.74) is 0.855. The van der Waals surface area contributed by atoms with E-state index in [0.717, 1.165) is 10.2 Å². The molecule has 0 saturated carbocycles. The van der Waals surface area contributed by atoms with Gasteiger partial charge in [0.25, 0.3) is 0 Å². The maximum Gasteiger partial charge on any atom is 0.102 e.